The van der Waals surface area contributed by atoms with Crippen molar-refractivity contribution in [1.82, 2.24) is 9.80 Å². The number of piperidine rings is 1. The quantitative estimate of drug-likeness (QED) is 0.706. The van der Waals surface area contributed by atoms with Gasteiger partial charge in [0, 0.05) is 31.6 Å². The first kappa shape index (κ1) is 18.0. The molecule has 0 N–H and O–H groups in total. The second-order valence-electron chi connectivity index (χ2n) is 10.9. The molecule has 5 fully saturated rings. The zero-order chi connectivity index (χ0) is 19.0. The van der Waals surface area contributed by atoms with Crippen molar-refractivity contribution in [3.05, 3.63) is 0 Å². The van der Waals surface area contributed by atoms with Crippen LogP contribution in [0.4, 0.5) is 0 Å². The van der Waals surface area contributed by atoms with Gasteiger partial charge in [-0.1, -0.05) is 13.8 Å². The minimum Gasteiger partial charge on any atom is -0.342 e. The fourth-order valence-corrected chi connectivity index (χ4v) is 8.40. The first-order chi connectivity index (χ1) is 12.9. The van der Waals surface area contributed by atoms with Crippen LogP contribution in [0.5, 0.6) is 0 Å². The Bertz CT molecular complexity index is 646. The van der Waals surface area contributed by atoms with E-state index >= 15 is 0 Å². The lowest BCUT2D eigenvalue weighted by Crippen LogP contribution is -2.62. The monoisotopic (exact) mass is 372 g/mol. The predicted molar refractivity (Wildman–Crippen MR) is 105 cm³/mol. The maximum Gasteiger partial charge on any atom is 0.222 e. The van der Waals surface area contributed by atoms with Crippen LogP contribution in [0.15, 0.2) is 0 Å². The molecule has 0 bridgehead atoms. The van der Waals surface area contributed by atoms with Crippen molar-refractivity contribution < 1.29 is 9.59 Å². The molecule has 1 heterocycles. The van der Waals surface area contributed by atoms with Gasteiger partial charge >= 0.3 is 0 Å². The van der Waals surface area contributed by atoms with Gasteiger partial charge < -0.3 is 9.80 Å². The van der Waals surface area contributed by atoms with Gasteiger partial charge in [0.15, 0.2) is 0 Å². The number of hydrogen-bond donors (Lipinski definition) is 0. The number of hydrogen-bond acceptors (Lipinski definition) is 2. The van der Waals surface area contributed by atoms with Gasteiger partial charge in [0.2, 0.25) is 12.3 Å². The summed E-state index contributed by atoms with van der Waals surface area (Å²) in [5.41, 5.74) is 0.607. The third kappa shape index (κ3) is 2.40. The van der Waals surface area contributed by atoms with Gasteiger partial charge in [-0.3, -0.25) is 9.59 Å². The Kier molecular flexibility index (Phi) is 3.98. The van der Waals surface area contributed by atoms with Crippen LogP contribution in [0.2, 0.25) is 0 Å². The Morgan fingerprint density at radius 3 is 2.41 bits per heavy atom. The number of carbonyl (C=O) groups is 2. The van der Waals surface area contributed by atoms with E-state index in [1.54, 1.807) is 0 Å². The van der Waals surface area contributed by atoms with Crippen LogP contribution in [0, 0.1) is 28.6 Å². The number of nitrogens with zero attached hydrogens (tertiary/aromatic N) is 2. The highest BCUT2D eigenvalue weighted by Gasteiger charge is 2.62. The molecule has 27 heavy (non-hydrogen) atoms. The summed E-state index contributed by atoms with van der Waals surface area (Å²) in [6, 6.07) is 1.45. The van der Waals surface area contributed by atoms with Crippen LogP contribution in [0.25, 0.3) is 0 Å². The molecule has 2 amide bonds. The number of amides is 2. The molecule has 1 saturated heterocycles. The molecule has 4 saturated carbocycles. The Labute approximate surface area is 164 Å². The van der Waals surface area contributed by atoms with Crippen LogP contribution in [-0.4, -0.2) is 47.3 Å². The smallest absolute Gasteiger partial charge is 0.222 e. The van der Waals surface area contributed by atoms with Gasteiger partial charge in [-0.05, 0) is 86.4 Å². The summed E-state index contributed by atoms with van der Waals surface area (Å²) in [7, 11) is 2.04. The number of fused-ring (bicyclic) bond motifs is 5. The minimum atomic E-state index is 0.297. The minimum absolute atomic E-state index is 0.297. The van der Waals surface area contributed by atoms with Crippen molar-refractivity contribution in [1.29, 1.82) is 0 Å². The Morgan fingerprint density at radius 2 is 1.70 bits per heavy atom. The summed E-state index contributed by atoms with van der Waals surface area (Å²) in [4.78, 5) is 28.5. The summed E-state index contributed by atoms with van der Waals surface area (Å²) in [5, 5.41) is 0. The van der Waals surface area contributed by atoms with Gasteiger partial charge in [0.1, 0.15) is 0 Å². The first-order valence-electron chi connectivity index (χ1n) is 11.4. The second-order valence-corrected chi connectivity index (χ2v) is 10.9. The van der Waals surface area contributed by atoms with E-state index in [0.717, 1.165) is 30.6 Å². The van der Waals surface area contributed by atoms with E-state index < -0.39 is 0 Å². The molecule has 0 spiro atoms. The van der Waals surface area contributed by atoms with E-state index in [-0.39, 0.29) is 0 Å². The van der Waals surface area contributed by atoms with Crippen molar-refractivity contribution in [2.75, 3.05) is 7.05 Å². The van der Waals surface area contributed by atoms with Gasteiger partial charge in [-0.15, -0.1) is 0 Å². The second kappa shape index (κ2) is 5.97. The molecular weight excluding hydrogens is 336 g/mol. The van der Waals surface area contributed by atoms with Gasteiger partial charge in [-0.25, -0.2) is 0 Å². The highest BCUT2D eigenvalue weighted by atomic mass is 16.2. The van der Waals surface area contributed by atoms with E-state index in [1.807, 2.05) is 7.05 Å². The zero-order valence-corrected chi connectivity index (χ0v) is 17.3. The lowest BCUT2D eigenvalue weighted by Gasteiger charge is -2.62. The highest BCUT2D eigenvalue weighted by Crippen LogP contribution is 2.65. The molecule has 2 unspecified atom stereocenters. The van der Waals surface area contributed by atoms with Crippen molar-refractivity contribution in [3.8, 4) is 0 Å². The fraction of sp³-hybridized carbons (Fsp3) is 0.913. The Balaban J connectivity index is 1.42. The molecule has 4 heteroatoms. The van der Waals surface area contributed by atoms with Crippen LogP contribution in [0.1, 0.15) is 78.1 Å². The summed E-state index contributed by atoms with van der Waals surface area (Å²) in [5.74, 6) is 2.67. The zero-order valence-electron chi connectivity index (χ0n) is 17.3. The van der Waals surface area contributed by atoms with Crippen molar-refractivity contribution in [2.45, 2.75) is 96.2 Å². The first-order valence-corrected chi connectivity index (χ1v) is 11.4. The molecule has 1 aliphatic heterocycles. The van der Waals surface area contributed by atoms with Crippen molar-refractivity contribution in [3.63, 3.8) is 0 Å². The highest BCUT2D eigenvalue weighted by molar-refractivity contribution is 5.77. The molecule has 7 atom stereocenters. The standard InChI is InChI=1S/C23H36N2O2/c1-22-13-11-21(27)24(3)19(22)8-6-16-17-7-9-20(25(14-26)15-4-5-15)23(17,2)12-10-18(16)22/h14-20H,4-13H2,1-3H3/t16-,17-,18+,19?,20?,22+,23-/m0/s1. The third-order valence-electron chi connectivity index (χ3n) is 9.96. The summed E-state index contributed by atoms with van der Waals surface area (Å²) < 4.78 is 0. The van der Waals surface area contributed by atoms with E-state index in [0.29, 0.717) is 34.9 Å². The summed E-state index contributed by atoms with van der Waals surface area (Å²) >= 11 is 0. The van der Waals surface area contributed by atoms with Gasteiger partial charge in [0.05, 0.1) is 0 Å². The van der Waals surface area contributed by atoms with Gasteiger partial charge in [-0.2, -0.15) is 0 Å². The maximum atomic E-state index is 12.3. The molecule has 0 aromatic heterocycles. The number of carbonyl (C=O) groups excluding carboxylic acids is 2. The Hall–Kier alpha value is -1.06. The van der Waals surface area contributed by atoms with Crippen LogP contribution in [-0.2, 0) is 9.59 Å². The normalized spacial score (nSPS) is 49.2. The average Bonchev–Trinajstić information content (AvgIpc) is 3.42. The average molecular weight is 373 g/mol. The SMILES string of the molecule is CN1C(=O)CC[C@@]2(C)C1CC[C@@H]1[C@H]2CC[C@]2(C)C(N(C=O)C3CC3)CC[C@@H]12. The van der Waals surface area contributed by atoms with Crippen LogP contribution < -0.4 is 0 Å². The molecule has 0 radical (unpaired) electrons. The fourth-order valence-electron chi connectivity index (χ4n) is 8.40. The number of rotatable bonds is 3. The van der Waals surface area contributed by atoms with E-state index in [1.165, 1.54) is 57.8 Å². The van der Waals surface area contributed by atoms with E-state index in [4.69, 9.17) is 0 Å². The predicted octanol–water partition coefficient (Wildman–Crippen LogP) is 3.84. The maximum absolute atomic E-state index is 12.3. The Morgan fingerprint density at radius 1 is 0.963 bits per heavy atom. The largest absolute Gasteiger partial charge is 0.342 e. The van der Waals surface area contributed by atoms with E-state index in [2.05, 4.69) is 23.6 Å². The van der Waals surface area contributed by atoms with Crippen molar-refractivity contribution >= 4 is 12.3 Å². The lowest BCUT2D eigenvalue weighted by atomic mass is 9.47. The molecule has 5 rings (SSSR count). The topological polar surface area (TPSA) is 40.6 Å². The van der Waals surface area contributed by atoms with Crippen LogP contribution in [0.3, 0.4) is 0 Å². The molecule has 4 aliphatic carbocycles. The third-order valence-corrected chi connectivity index (χ3v) is 9.96. The van der Waals surface area contributed by atoms with Crippen molar-refractivity contribution in [2.24, 2.45) is 28.6 Å². The molecule has 0 aromatic carbocycles. The number of likely N-dealkylation sites (tertiary alicyclic amines) is 1. The molecule has 150 valence electrons. The molecule has 4 nitrogen and oxygen atoms in total. The molecule has 0 aromatic rings. The van der Waals surface area contributed by atoms with E-state index in [9.17, 15) is 9.59 Å². The van der Waals surface area contributed by atoms with Gasteiger partial charge in [0.25, 0.3) is 0 Å². The van der Waals surface area contributed by atoms with Crippen LogP contribution >= 0.6 is 0 Å². The molecule has 5 aliphatic rings. The summed E-state index contributed by atoms with van der Waals surface area (Å²) in [6.07, 6.45) is 12.9. The lowest BCUT2D eigenvalue weighted by molar-refractivity contribution is -0.159. The molecular formula is C23H36N2O2. The summed E-state index contributed by atoms with van der Waals surface area (Å²) in [6.45, 7) is 5.00.